The van der Waals surface area contributed by atoms with Gasteiger partial charge in [0.15, 0.2) is 0 Å². The van der Waals surface area contributed by atoms with Crippen LogP contribution in [0.1, 0.15) is 17.5 Å². The number of carbonyl (C=O) groups is 1. The SMILES string of the molecule is COc1c(C)cc(Cl)cc1CNC(=O)CCN. The van der Waals surface area contributed by atoms with E-state index in [0.717, 1.165) is 16.9 Å². The maximum absolute atomic E-state index is 11.3. The van der Waals surface area contributed by atoms with Crippen LogP contribution in [0.25, 0.3) is 0 Å². The molecular formula is C12H17ClN2O2. The Bertz CT molecular complexity index is 408. The molecule has 0 saturated heterocycles. The van der Waals surface area contributed by atoms with Gasteiger partial charge in [-0.25, -0.2) is 0 Å². The number of rotatable bonds is 5. The lowest BCUT2D eigenvalue weighted by atomic mass is 10.1. The van der Waals surface area contributed by atoms with Crippen LogP contribution in [-0.4, -0.2) is 19.6 Å². The topological polar surface area (TPSA) is 64.3 Å². The van der Waals surface area contributed by atoms with E-state index < -0.39 is 0 Å². The number of methoxy groups -OCH3 is 1. The minimum absolute atomic E-state index is 0.0767. The first-order valence-electron chi connectivity index (χ1n) is 5.38. The Morgan fingerprint density at radius 3 is 2.82 bits per heavy atom. The lowest BCUT2D eigenvalue weighted by Gasteiger charge is -2.12. The Morgan fingerprint density at radius 2 is 2.24 bits per heavy atom. The van der Waals surface area contributed by atoms with Crippen molar-refractivity contribution in [3.05, 3.63) is 28.3 Å². The van der Waals surface area contributed by atoms with E-state index in [1.165, 1.54) is 0 Å². The van der Waals surface area contributed by atoms with E-state index in [0.29, 0.717) is 24.5 Å². The van der Waals surface area contributed by atoms with Gasteiger partial charge in [-0.2, -0.15) is 0 Å². The second kappa shape index (κ2) is 6.47. The molecule has 1 aromatic carbocycles. The Balaban J connectivity index is 2.79. The molecule has 0 radical (unpaired) electrons. The summed E-state index contributed by atoms with van der Waals surface area (Å²) < 4.78 is 5.29. The third-order valence-electron chi connectivity index (χ3n) is 2.37. The summed E-state index contributed by atoms with van der Waals surface area (Å²) in [4.78, 5) is 11.3. The normalized spacial score (nSPS) is 10.1. The molecule has 1 aromatic rings. The van der Waals surface area contributed by atoms with E-state index in [2.05, 4.69) is 5.32 Å². The van der Waals surface area contributed by atoms with Crippen LogP contribution in [0.5, 0.6) is 5.75 Å². The molecule has 0 spiro atoms. The molecule has 0 fully saturated rings. The Kier molecular flexibility index (Phi) is 5.25. The standard InChI is InChI=1S/C12H17ClN2O2/c1-8-5-10(13)6-9(12(8)17-2)7-15-11(16)3-4-14/h5-6H,3-4,7,14H2,1-2H3,(H,15,16). The van der Waals surface area contributed by atoms with Crippen molar-refractivity contribution >= 4 is 17.5 Å². The van der Waals surface area contributed by atoms with Crippen LogP contribution >= 0.6 is 11.6 Å². The van der Waals surface area contributed by atoms with E-state index in [1.807, 2.05) is 13.0 Å². The monoisotopic (exact) mass is 256 g/mol. The Labute approximate surface area is 106 Å². The number of hydrogen-bond acceptors (Lipinski definition) is 3. The minimum Gasteiger partial charge on any atom is -0.496 e. The van der Waals surface area contributed by atoms with Gasteiger partial charge < -0.3 is 15.8 Å². The molecule has 0 aliphatic rings. The summed E-state index contributed by atoms with van der Waals surface area (Å²) in [6.07, 6.45) is 0.321. The zero-order chi connectivity index (χ0) is 12.8. The van der Waals surface area contributed by atoms with Gasteiger partial charge in [0.25, 0.3) is 0 Å². The number of carbonyl (C=O) groups excluding carboxylic acids is 1. The average Bonchev–Trinajstić information content (AvgIpc) is 2.26. The van der Waals surface area contributed by atoms with Gasteiger partial charge in [-0.05, 0) is 24.6 Å². The number of ether oxygens (including phenoxy) is 1. The van der Waals surface area contributed by atoms with Crippen molar-refractivity contribution in [2.45, 2.75) is 19.9 Å². The molecule has 4 nitrogen and oxygen atoms in total. The highest BCUT2D eigenvalue weighted by atomic mass is 35.5. The lowest BCUT2D eigenvalue weighted by molar-refractivity contribution is -0.121. The lowest BCUT2D eigenvalue weighted by Crippen LogP contribution is -2.25. The molecule has 94 valence electrons. The summed E-state index contributed by atoms with van der Waals surface area (Å²) in [6, 6.07) is 3.61. The summed E-state index contributed by atoms with van der Waals surface area (Å²) in [5.41, 5.74) is 7.11. The van der Waals surface area contributed by atoms with E-state index in [-0.39, 0.29) is 5.91 Å². The van der Waals surface area contributed by atoms with Crippen molar-refractivity contribution in [2.75, 3.05) is 13.7 Å². The van der Waals surface area contributed by atoms with Gasteiger partial charge in [0, 0.05) is 30.1 Å². The summed E-state index contributed by atoms with van der Waals surface area (Å²) in [5, 5.41) is 3.40. The van der Waals surface area contributed by atoms with Crippen LogP contribution in [0.15, 0.2) is 12.1 Å². The van der Waals surface area contributed by atoms with Crippen LogP contribution in [0.3, 0.4) is 0 Å². The maximum Gasteiger partial charge on any atom is 0.221 e. The molecule has 0 aromatic heterocycles. The fourth-order valence-electron chi connectivity index (χ4n) is 1.64. The summed E-state index contributed by atoms with van der Waals surface area (Å²) in [5.74, 6) is 0.676. The second-order valence-electron chi connectivity index (χ2n) is 3.73. The molecule has 0 unspecified atom stereocenters. The van der Waals surface area contributed by atoms with Crippen molar-refractivity contribution in [1.29, 1.82) is 0 Å². The summed E-state index contributed by atoms with van der Waals surface area (Å²) in [6.45, 7) is 2.65. The Hall–Kier alpha value is -1.26. The van der Waals surface area contributed by atoms with Crippen molar-refractivity contribution in [1.82, 2.24) is 5.32 Å². The molecule has 17 heavy (non-hydrogen) atoms. The molecular weight excluding hydrogens is 240 g/mol. The van der Waals surface area contributed by atoms with Gasteiger partial charge in [0.1, 0.15) is 5.75 Å². The zero-order valence-electron chi connectivity index (χ0n) is 10.0. The molecule has 5 heteroatoms. The van der Waals surface area contributed by atoms with Gasteiger partial charge in [-0.3, -0.25) is 4.79 Å². The minimum atomic E-state index is -0.0767. The molecule has 0 heterocycles. The predicted octanol–water partition coefficient (Wildman–Crippen LogP) is 1.62. The smallest absolute Gasteiger partial charge is 0.221 e. The van der Waals surface area contributed by atoms with E-state index in [9.17, 15) is 4.79 Å². The summed E-state index contributed by atoms with van der Waals surface area (Å²) >= 11 is 5.97. The number of nitrogens with two attached hydrogens (primary N) is 1. The molecule has 0 aliphatic carbocycles. The van der Waals surface area contributed by atoms with E-state index in [4.69, 9.17) is 22.1 Å². The first kappa shape index (κ1) is 13.8. The van der Waals surface area contributed by atoms with Crippen molar-refractivity contribution in [3.63, 3.8) is 0 Å². The number of benzene rings is 1. The number of halogens is 1. The van der Waals surface area contributed by atoms with Crippen LogP contribution in [-0.2, 0) is 11.3 Å². The fourth-order valence-corrected chi connectivity index (χ4v) is 1.93. The number of aryl methyl sites for hydroxylation is 1. The molecule has 0 bridgehead atoms. The highest BCUT2D eigenvalue weighted by Crippen LogP contribution is 2.27. The molecule has 1 rings (SSSR count). The highest BCUT2D eigenvalue weighted by Gasteiger charge is 2.09. The summed E-state index contributed by atoms with van der Waals surface area (Å²) in [7, 11) is 1.60. The molecule has 3 N–H and O–H groups in total. The van der Waals surface area contributed by atoms with Gasteiger partial charge in [-0.15, -0.1) is 0 Å². The van der Waals surface area contributed by atoms with Crippen LogP contribution in [0.4, 0.5) is 0 Å². The third-order valence-corrected chi connectivity index (χ3v) is 2.59. The van der Waals surface area contributed by atoms with Gasteiger partial charge in [0.2, 0.25) is 5.91 Å². The van der Waals surface area contributed by atoms with Crippen molar-refractivity contribution in [3.8, 4) is 5.75 Å². The average molecular weight is 257 g/mol. The molecule has 0 aliphatic heterocycles. The van der Waals surface area contributed by atoms with E-state index in [1.54, 1.807) is 13.2 Å². The number of hydrogen-bond donors (Lipinski definition) is 2. The molecule has 0 atom stereocenters. The third kappa shape index (κ3) is 3.91. The Morgan fingerprint density at radius 1 is 1.53 bits per heavy atom. The van der Waals surface area contributed by atoms with Gasteiger partial charge in [0.05, 0.1) is 7.11 Å². The maximum atomic E-state index is 11.3. The first-order chi connectivity index (χ1) is 8.08. The van der Waals surface area contributed by atoms with Crippen LogP contribution in [0.2, 0.25) is 5.02 Å². The van der Waals surface area contributed by atoms with Gasteiger partial charge >= 0.3 is 0 Å². The number of amides is 1. The van der Waals surface area contributed by atoms with Crippen molar-refractivity contribution in [2.24, 2.45) is 5.73 Å². The largest absolute Gasteiger partial charge is 0.496 e. The van der Waals surface area contributed by atoms with Gasteiger partial charge in [-0.1, -0.05) is 11.6 Å². The highest BCUT2D eigenvalue weighted by molar-refractivity contribution is 6.30. The van der Waals surface area contributed by atoms with E-state index >= 15 is 0 Å². The fraction of sp³-hybridized carbons (Fsp3) is 0.417. The molecule has 0 saturated carbocycles. The number of nitrogens with one attached hydrogen (secondary N) is 1. The second-order valence-corrected chi connectivity index (χ2v) is 4.17. The zero-order valence-corrected chi connectivity index (χ0v) is 10.8. The van der Waals surface area contributed by atoms with Crippen molar-refractivity contribution < 1.29 is 9.53 Å². The van der Waals surface area contributed by atoms with Crippen LogP contribution in [0, 0.1) is 6.92 Å². The molecule has 1 amide bonds. The predicted molar refractivity (Wildman–Crippen MR) is 68.3 cm³/mol. The quantitative estimate of drug-likeness (QED) is 0.842. The first-order valence-corrected chi connectivity index (χ1v) is 5.76. The van der Waals surface area contributed by atoms with Crippen LogP contribution < -0.4 is 15.8 Å².